The van der Waals surface area contributed by atoms with E-state index in [1.54, 1.807) is 0 Å². The van der Waals surface area contributed by atoms with Gasteiger partial charge in [0.15, 0.2) is 0 Å². The predicted molar refractivity (Wildman–Crippen MR) is 230 cm³/mol. The predicted octanol–water partition coefficient (Wildman–Crippen LogP) is 14.2. The Morgan fingerprint density at radius 1 is 0.226 bits per heavy atom. The molecule has 0 heterocycles. The molecule has 0 spiro atoms. The average molecular weight is 700 g/mol. The van der Waals surface area contributed by atoms with Gasteiger partial charge in [-0.15, -0.1) is 0 Å². The van der Waals surface area contributed by atoms with Gasteiger partial charge in [-0.25, -0.2) is 0 Å². The van der Waals surface area contributed by atoms with Crippen molar-refractivity contribution < 1.29 is 0 Å². The highest BCUT2D eigenvalue weighted by Gasteiger charge is 2.31. The van der Waals surface area contributed by atoms with Crippen molar-refractivity contribution in [3.05, 3.63) is 179 Å². The zero-order chi connectivity index (χ0) is 38.0. The molecule has 0 aromatic heterocycles. The summed E-state index contributed by atoms with van der Waals surface area (Å²) in [6.07, 6.45) is 0. The third kappa shape index (κ3) is 8.86. The Kier molecular flexibility index (Phi) is 10.3. The van der Waals surface area contributed by atoms with Gasteiger partial charge < -0.3 is 16.0 Å². The molecule has 0 saturated carbocycles. The number of hydrogen-bond donors (Lipinski definition) is 3. The van der Waals surface area contributed by atoms with Crippen molar-refractivity contribution in [1.29, 1.82) is 0 Å². The molecule has 272 valence electrons. The van der Waals surface area contributed by atoms with Gasteiger partial charge in [-0.05, 0) is 129 Å². The smallest absolute Gasteiger partial charge is 0.0423 e. The Balaban J connectivity index is 1.28. The van der Waals surface area contributed by atoms with E-state index < -0.39 is 5.41 Å². The van der Waals surface area contributed by atoms with Gasteiger partial charge in [0.05, 0.1) is 0 Å². The van der Waals surface area contributed by atoms with E-state index in [1.165, 1.54) is 33.4 Å². The topological polar surface area (TPSA) is 36.1 Å². The second kappa shape index (κ2) is 14.6. The van der Waals surface area contributed by atoms with Crippen LogP contribution in [0.15, 0.2) is 146 Å². The molecule has 0 fully saturated rings. The number of benzene rings is 6. The minimum atomic E-state index is -0.396. The largest absolute Gasteiger partial charge is 0.356 e. The zero-order valence-electron chi connectivity index (χ0n) is 33.4. The van der Waals surface area contributed by atoms with Gasteiger partial charge >= 0.3 is 0 Å². The van der Waals surface area contributed by atoms with Crippen LogP contribution in [0.4, 0.5) is 34.1 Å². The van der Waals surface area contributed by atoms with E-state index >= 15 is 0 Å². The Bertz CT molecular complexity index is 1840. The van der Waals surface area contributed by atoms with Crippen LogP contribution >= 0.6 is 0 Å². The minimum Gasteiger partial charge on any atom is -0.356 e. The Hall–Kier alpha value is -5.28. The first-order valence-electron chi connectivity index (χ1n) is 18.9. The molecular weight excluding hydrogens is 643 g/mol. The number of anilines is 6. The van der Waals surface area contributed by atoms with Crippen molar-refractivity contribution in [3.63, 3.8) is 0 Å². The maximum absolute atomic E-state index is 3.61. The quantitative estimate of drug-likeness (QED) is 0.132. The van der Waals surface area contributed by atoms with Gasteiger partial charge in [0, 0.05) is 39.5 Å². The highest BCUT2D eigenvalue weighted by atomic mass is 14.9. The van der Waals surface area contributed by atoms with Gasteiger partial charge in [0.2, 0.25) is 0 Å². The summed E-state index contributed by atoms with van der Waals surface area (Å²) in [5.74, 6) is 0. The van der Waals surface area contributed by atoms with Crippen LogP contribution in [0.25, 0.3) is 0 Å². The molecule has 3 nitrogen and oxygen atoms in total. The van der Waals surface area contributed by atoms with Gasteiger partial charge in [-0.2, -0.15) is 0 Å². The molecule has 6 rings (SSSR count). The monoisotopic (exact) mass is 699 g/mol. The molecule has 0 aliphatic rings. The Morgan fingerprint density at radius 3 is 0.528 bits per heavy atom. The fourth-order valence-electron chi connectivity index (χ4n) is 6.82. The van der Waals surface area contributed by atoms with Crippen molar-refractivity contribution in [2.45, 2.75) is 90.9 Å². The van der Waals surface area contributed by atoms with Crippen LogP contribution in [0.3, 0.4) is 0 Å². The molecule has 53 heavy (non-hydrogen) atoms. The van der Waals surface area contributed by atoms with E-state index in [2.05, 4.69) is 231 Å². The van der Waals surface area contributed by atoms with Gasteiger partial charge in [0.25, 0.3) is 0 Å². The SMILES string of the molecule is CC(C)(C)c1ccc(Nc2ccc(C(C)(c3ccc(Nc4ccc(C(C)(C)C)cc4)cc3)c3ccc(Nc4ccc(C(C)(C)C)cc4)cc3)cc2)cc1. The van der Waals surface area contributed by atoms with Crippen LogP contribution in [0.1, 0.15) is 103 Å². The van der Waals surface area contributed by atoms with Crippen LogP contribution in [0.2, 0.25) is 0 Å². The molecule has 0 saturated heterocycles. The lowest BCUT2D eigenvalue weighted by Gasteiger charge is -2.32. The number of rotatable bonds is 9. The molecule has 0 unspecified atom stereocenters. The molecule has 3 N–H and O–H groups in total. The molecule has 0 radical (unpaired) electrons. The van der Waals surface area contributed by atoms with E-state index in [0.717, 1.165) is 34.1 Å². The van der Waals surface area contributed by atoms with E-state index in [9.17, 15) is 0 Å². The van der Waals surface area contributed by atoms with Crippen LogP contribution in [-0.2, 0) is 21.7 Å². The van der Waals surface area contributed by atoms with E-state index in [4.69, 9.17) is 0 Å². The lowest BCUT2D eigenvalue weighted by Crippen LogP contribution is -2.25. The molecule has 0 aliphatic carbocycles. The Labute approximate surface area is 318 Å². The first kappa shape index (κ1) is 37.5. The van der Waals surface area contributed by atoms with E-state index in [0.29, 0.717) is 0 Å². The molecule has 6 aromatic rings. The molecule has 3 heteroatoms. The third-order valence-electron chi connectivity index (χ3n) is 10.5. The zero-order valence-corrected chi connectivity index (χ0v) is 33.4. The van der Waals surface area contributed by atoms with Crippen molar-refractivity contribution in [2.24, 2.45) is 0 Å². The first-order chi connectivity index (χ1) is 25.0. The Morgan fingerprint density at radius 2 is 0.377 bits per heavy atom. The van der Waals surface area contributed by atoms with Gasteiger partial charge in [-0.3, -0.25) is 0 Å². The summed E-state index contributed by atoms with van der Waals surface area (Å²) in [4.78, 5) is 0. The summed E-state index contributed by atoms with van der Waals surface area (Å²) >= 11 is 0. The first-order valence-corrected chi connectivity index (χ1v) is 18.9. The fraction of sp³-hybridized carbons (Fsp3) is 0.280. The number of nitrogens with one attached hydrogen (secondary N) is 3. The summed E-state index contributed by atoms with van der Waals surface area (Å²) in [6, 6.07) is 53.0. The van der Waals surface area contributed by atoms with Crippen molar-refractivity contribution in [2.75, 3.05) is 16.0 Å². The van der Waals surface area contributed by atoms with E-state index in [1.807, 2.05) is 0 Å². The lowest BCUT2D eigenvalue weighted by atomic mass is 9.71. The highest BCUT2D eigenvalue weighted by molar-refractivity contribution is 5.66. The van der Waals surface area contributed by atoms with Crippen LogP contribution < -0.4 is 16.0 Å². The standard InChI is InChI=1S/C50H57N3/c1-47(2,3)35-11-23-41(24-12-35)51-44-29-17-38(18-30-44)50(10,39-19-31-45(32-20-39)52-42-25-13-36(14-26-42)48(4,5)6)40-21-33-46(34-22-40)53-43-27-15-37(16-28-43)49(7,8)9/h11-34,51-53H,1-10H3. The summed E-state index contributed by atoms with van der Waals surface area (Å²) in [7, 11) is 0. The molecule has 0 amide bonds. The fourth-order valence-corrected chi connectivity index (χ4v) is 6.82. The van der Waals surface area contributed by atoms with E-state index in [-0.39, 0.29) is 16.2 Å². The summed E-state index contributed by atoms with van der Waals surface area (Å²) in [5.41, 5.74) is 14.1. The third-order valence-corrected chi connectivity index (χ3v) is 10.5. The molecule has 0 aliphatic heterocycles. The van der Waals surface area contributed by atoms with Crippen molar-refractivity contribution >= 4 is 34.1 Å². The molecule has 0 bridgehead atoms. The van der Waals surface area contributed by atoms with Gasteiger partial charge in [-0.1, -0.05) is 135 Å². The second-order valence-electron chi connectivity index (χ2n) is 17.7. The average Bonchev–Trinajstić information content (AvgIpc) is 3.12. The van der Waals surface area contributed by atoms with Gasteiger partial charge in [0.1, 0.15) is 0 Å². The summed E-state index contributed by atoms with van der Waals surface area (Å²) in [6.45, 7) is 22.6. The van der Waals surface area contributed by atoms with Crippen molar-refractivity contribution in [3.8, 4) is 0 Å². The molecule has 0 atom stereocenters. The summed E-state index contributed by atoms with van der Waals surface area (Å²) in [5, 5.41) is 10.8. The molecule has 6 aromatic carbocycles. The van der Waals surface area contributed by atoms with Crippen LogP contribution in [0.5, 0.6) is 0 Å². The molecular formula is C50H57N3. The van der Waals surface area contributed by atoms with Crippen molar-refractivity contribution in [1.82, 2.24) is 0 Å². The van der Waals surface area contributed by atoms with Crippen LogP contribution in [-0.4, -0.2) is 0 Å². The van der Waals surface area contributed by atoms with Crippen LogP contribution in [0, 0.1) is 0 Å². The summed E-state index contributed by atoms with van der Waals surface area (Å²) < 4.78 is 0. The second-order valence-corrected chi connectivity index (χ2v) is 17.7. The lowest BCUT2D eigenvalue weighted by molar-refractivity contribution is 0.590. The number of hydrogen-bond acceptors (Lipinski definition) is 3. The maximum Gasteiger partial charge on any atom is 0.0423 e. The minimum absolute atomic E-state index is 0.128. The normalized spacial score (nSPS) is 12.3. The highest BCUT2D eigenvalue weighted by Crippen LogP contribution is 2.41. The maximum atomic E-state index is 3.61.